The maximum absolute atomic E-state index is 12.5. The van der Waals surface area contributed by atoms with Gasteiger partial charge in [-0.1, -0.05) is 60.7 Å². The summed E-state index contributed by atoms with van der Waals surface area (Å²) in [5.74, 6) is 0.758. The number of anilines is 2. The number of carbonyl (C=O) groups is 1. The Bertz CT molecular complexity index is 984. The van der Waals surface area contributed by atoms with E-state index in [2.05, 4.69) is 22.3 Å². The third-order valence-electron chi connectivity index (χ3n) is 4.98. The van der Waals surface area contributed by atoms with Crippen LogP contribution in [0.3, 0.4) is 0 Å². The van der Waals surface area contributed by atoms with E-state index in [-0.39, 0.29) is 5.91 Å². The summed E-state index contributed by atoms with van der Waals surface area (Å²) in [6.07, 6.45) is 1.01. The Morgan fingerprint density at radius 1 is 0.931 bits per heavy atom. The Morgan fingerprint density at radius 2 is 1.59 bits per heavy atom. The van der Waals surface area contributed by atoms with E-state index < -0.39 is 6.04 Å². The van der Waals surface area contributed by atoms with Crippen LogP contribution in [-0.2, 0) is 4.79 Å². The summed E-state index contributed by atoms with van der Waals surface area (Å²) >= 11 is 0. The molecule has 0 fully saturated rings. The standard InChI is InChI=1S/C24H24N4O/c25-22(18-8-3-1-4-9-18)24(29)27-20-12-14-21(15-13-20)28-17-7-16-26-23(28)19-10-5-2-6-11-19/h1-6,8-15,22H,7,16-17,25H2,(H,27,29). The van der Waals surface area contributed by atoms with Crippen molar-refractivity contribution in [2.75, 3.05) is 23.3 Å². The van der Waals surface area contributed by atoms with Gasteiger partial charge in [0.25, 0.3) is 0 Å². The Hall–Kier alpha value is -3.44. The molecule has 0 aromatic heterocycles. The number of benzene rings is 3. The number of nitrogens with zero attached hydrogens (tertiary/aromatic N) is 2. The minimum absolute atomic E-state index is 0.228. The molecule has 1 amide bonds. The molecule has 5 nitrogen and oxygen atoms in total. The molecule has 1 heterocycles. The summed E-state index contributed by atoms with van der Waals surface area (Å²) in [7, 11) is 0. The van der Waals surface area contributed by atoms with Crippen LogP contribution in [0, 0.1) is 0 Å². The van der Waals surface area contributed by atoms with E-state index in [1.807, 2.05) is 72.8 Å². The van der Waals surface area contributed by atoms with Crippen molar-refractivity contribution >= 4 is 23.1 Å². The number of hydrogen-bond donors (Lipinski definition) is 2. The van der Waals surface area contributed by atoms with E-state index in [0.717, 1.165) is 47.8 Å². The van der Waals surface area contributed by atoms with Crippen molar-refractivity contribution in [2.45, 2.75) is 12.5 Å². The fourth-order valence-corrected chi connectivity index (χ4v) is 3.45. The Morgan fingerprint density at radius 3 is 2.28 bits per heavy atom. The Balaban J connectivity index is 1.48. The van der Waals surface area contributed by atoms with Crippen molar-refractivity contribution in [3.8, 4) is 0 Å². The average molecular weight is 384 g/mol. The van der Waals surface area contributed by atoms with Crippen LogP contribution in [0.15, 0.2) is 89.9 Å². The van der Waals surface area contributed by atoms with Gasteiger partial charge in [0.05, 0.1) is 0 Å². The SMILES string of the molecule is NC(C(=O)Nc1ccc(N2CCCN=C2c2ccccc2)cc1)c1ccccc1. The minimum Gasteiger partial charge on any atom is -0.326 e. The summed E-state index contributed by atoms with van der Waals surface area (Å²) in [5.41, 5.74) is 9.76. The van der Waals surface area contributed by atoms with E-state index in [4.69, 9.17) is 10.7 Å². The highest BCUT2D eigenvalue weighted by Gasteiger charge is 2.19. The highest BCUT2D eigenvalue weighted by atomic mass is 16.2. The smallest absolute Gasteiger partial charge is 0.245 e. The van der Waals surface area contributed by atoms with Gasteiger partial charge in [0.2, 0.25) is 5.91 Å². The number of amidine groups is 1. The molecular weight excluding hydrogens is 360 g/mol. The van der Waals surface area contributed by atoms with E-state index in [0.29, 0.717) is 0 Å². The number of nitrogens with one attached hydrogen (secondary N) is 1. The molecule has 0 bridgehead atoms. The summed E-state index contributed by atoms with van der Waals surface area (Å²) in [5, 5.41) is 2.90. The molecule has 3 aromatic carbocycles. The third-order valence-corrected chi connectivity index (χ3v) is 4.98. The van der Waals surface area contributed by atoms with Crippen LogP contribution in [0.1, 0.15) is 23.6 Å². The second kappa shape index (κ2) is 8.71. The van der Waals surface area contributed by atoms with Gasteiger partial charge in [0.15, 0.2) is 0 Å². The second-order valence-corrected chi connectivity index (χ2v) is 7.00. The zero-order valence-electron chi connectivity index (χ0n) is 16.2. The van der Waals surface area contributed by atoms with Crippen molar-refractivity contribution in [2.24, 2.45) is 10.7 Å². The predicted octanol–water partition coefficient (Wildman–Crippen LogP) is 3.98. The second-order valence-electron chi connectivity index (χ2n) is 7.00. The topological polar surface area (TPSA) is 70.7 Å². The zero-order chi connectivity index (χ0) is 20.1. The molecule has 4 rings (SSSR count). The normalized spacial score (nSPS) is 14.8. The number of aliphatic imine (C=N–C) groups is 1. The third kappa shape index (κ3) is 4.36. The molecule has 3 aromatic rings. The first-order valence-electron chi connectivity index (χ1n) is 9.81. The Kier molecular flexibility index (Phi) is 5.68. The van der Waals surface area contributed by atoms with Crippen molar-refractivity contribution in [1.29, 1.82) is 0 Å². The molecule has 0 radical (unpaired) electrons. The molecule has 0 saturated heterocycles. The summed E-state index contributed by atoms with van der Waals surface area (Å²) in [6, 6.07) is 26.7. The lowest BCUT2D eigenvalue weighted by molar-refractivity contribution is -0.117. The van der Waals surface area contributed by atoms with Crippen molar-refractivity contribution < 1.29 is 4.79 Å². The van der Waals surface area contributed by atoms with Crippen molar-refractivity contribution in [3.05, 3.63) is 96.1 Å². The highest BCUT2D eigenvalue weighted by Crippen LogP contribution is 2.23. The minimum atomic E-state index is -0.699. The molecular formula is C24H24N4O. The zero-order valence-corrected chi connectivity index (χ0v) is 16.2. The van der Waals surface area contributed by atoms with E-state index in [1.54, 1.807) is 0 Å². The number of amides is 1. The largest absolute Gasteiger partial charge is 0.326 e. The predicted molar refractivity (Wildman–Crippen MR) is 118 cm³/mol. The number of carbonyl (C=O) groups excluding carboxylic acids is 1. The lowest BCUT2D eigenvalue weighted by Crippen LogP contribution is -2.36. The van der Waals surface area contributed by atoms with Gasteiger partial charge in [0.1, 0.15) is 11.9 Å². The molecule has 0 spiro atoms. The quantitative estimate of drug-likeness (QED) is 0.699. The van der Waals surface area contributed by atoms with Crippen LogP contribution in [0.5, 0.6) is 0 Å². The van der Waals surface area contributed by atoms with Gasteiger partial charge in [0, 0.05) is 30.0 Å². The van der Waals surface area contributed by atoms with Gasteiger partial charge in [-0.05, 0) is 36.2 Å². The summed E-state index contributed by atoms with van der Waals surface area (Å²) < 4.78 is 0. The van der Waals surface area contributed by atoms with E-state index in [1.165, 1.54) is 0 Å². The fourth-order valence-electron chi connectivity index (χ4n) is 3.45. The van der Waals surface area contributed by atoms with E-state index in [9.17, 15) is 4.79 Å². The summed E-state index contributed by atoms with van der Waals surface area (Å²) in [6.45, 7) is 1.75. The number of hydrogen-bond acceptors (Lipinski definition) is 4. The van der Waals surface area contributed by atoms with Gasteiger partial charge in [-0.3, -0.25) is 9.79 Å². The molecule has 5 heteroatoms. The van der Waals surface area contributed by atoms with Crippen LogP contribution in [-0.4, -0.2) is 24.8 Å². The van der Waals surface area contributed by atoms with Crippen LogP contribution < -0.4 is 16.0 Å². The molecule has 1 atom stereocenters. The number of rotatable bonds is 5. The first kappa shape index (κ1) is 18.9. The molecule has 0 saturated carbocycles. The van der Waals surface area contributed by atoms with Crippen molar-refractivity contribution in [1.82, 2.24) is 0 Å². The lowest BCUT2D eigenvalue weighted by Gasteiger charge is -2.30. The Labute approximate surface area is 170 Å². The first-order valence-corrected chi connectivity index (χ1v) is 9.81. The average Bonchev–Trinajstić information content (AvgIpc) is 2.80. The van der Waals surface area contributed by atoms with Crippen molar-refractivity contribution in [3.63, 3.8) is 0 Å². The van der Waals surface area contributed by atoms with Crippen LogP contribution >= 0.6 is 0 Å². The maximum Gasteiger partial charge on any atom is 0.245 e. The number of nitrogens with two attached hydrogens (primary N) is 1. The monoisotopic (exact) mass is 384 g/mol. The molecule has 1 unspecified atom stereocenters. The summed E-state index contributed by atoms with van der Waals surface area (Å²) in [4.78, 5) is 19.4. The first-order chi connectivity index (χ1) is 14.2. The molecule has 0 aliphatic carbocycles. The van der Waals surface area contributed by atoms with Gasteiger partial charge < -0.3 is 16.0 Å². The molecule has 1 aliphatic rings. The maximum atomic E-state index is 12.5. The van der Waals surface area contributed by atoms with Crippen LogP contribution in [0.25, 0.3) is 0 Å². The molecule has 3 N–H and O–H groups in total. The highest BCUT2D eigenvalue weighted by molar-refractivity contribution is 6.10. The van der Waals surface area contributed by atoms with Gasteiger partial charge in [-0.15, -0.1) is 0 Å². The van der Waals surface area contributed by atoms with Gasteiger partial charge >= 0.3 is 0 Å². The molecule has 29 heavy (non-hydrogen) atoms. The molecule has 146 valence electrons. The van der Waals surface area contributed by atoms with E-state index >= 15 is 0 Å². The van der Waals surface area contributed by atoms with Gasteiger partial charge in [-0.2, -0.15) is 0 Å². The molecule has 1 aliphatic heterocycles. The lowest BCUT2D eigenvalue weighted by atomic mass is 10.1. The fraction of sp³-hybridized carbons (Fsp3) is 0.167. The van der Waals surface area contributed by atoms with Crippen LogP contribution in [0.2, 0.25) is 0 Å². The van der Waals surface area contributed by atoms with Crippen LogP contribution in [0.4, 0.5) is 11.4 Å². The van der Waals surface area contributed by atoms with Gasteiger partial charge in [-0.25, -0.2) is 0 Å².